The summed E-state index contributed by atoms with van der Waals surface area (Å²) in [5.41, 5.74) is 5.13. The van der Waals surface area contributed by atoms with Crippen LogP contribution in [0.4, 0.5) is 14.5 Å². The summed E-state index contributed by atoms with van der Waals surface area (Å²) in [6, 6.07) is 2.47. The number of carboxylic acid groups (broad SMARTS) is 1. The molecule has 1 saturated carbocycles. The van der Waals surface area contributed by atoms with Crippen LogP contribution in [0, 0.1) is 17.6 Å². The highest BCUT2D eigenvalue weighted by molar-refractivity contribution is 5.88. The molecule has 4 nitrogen and oxygen atoms in total. The second-order valence-electron chi connectivity index (χ2n) is 5.17. The zero-order chi connectivity index (χ0) is 14.9. The number of nitrogens with two attached hydrogens (primary N) is 1. The second kappa shape index (κ2) is 5.75. The molecule has 0 heterocycles. The molecule has 2 rings (SSSR count). The number of hydrogen-bond acceptors (Lipinski definition) is 3. The first-order valence-electron chi connectivity index (χ1n) is 6.61. The number of nitrogens with zero attached hydrogens (tertiary/aromatic N) is 1. The van der Waals surface area contributed by atoms with Crippen molar-refractivity contribution >= 4 is 11.7 Å². The van der Waals surface area contributed by atoms with Gasteiger partial charge in [0.1, 0.15) is 0 Å². The number of carbonyl (C=O) groups is 1. The van der Waals surface area contributed by atoms with Crippen LogP contribution in [-0.2, 0) is 0 Å². The Bertz CT molecular complexity index is 522. The Kier molecular flexibility index (Phi) is 4.23. The summed E-state index contributed by atoms with van der Waals surface area (Å²) in [6.07, 6.45) is 2.86. The van der Waals surface area contributed by atoms with Gasteiger partial charge in [0.2, 0.25) is 0 Å². The summed E-state index contributed by atoms with van der Waals surface area (Å²) in [4.78, 5) is 12.4. The number of rotatable bonds is 4. The van der Waals surface area contributed by atoms with Crippen molar-refractivity contribution in [1.82, 2.24) is 0 Å². The molecule has 0 saturated heterocycles. The summed E-state index contributed by atoms with van der Waals surface area (Å²) >= 11 is 0. The average molecular weight is 284 g/mol. The van der Waals surface area contributed by atoms with E-state index >= 15 is 0 Å². The van der Waals surface area contributed by atoms with E-state index in [1.165, 1.54) is 6.07 Å². The molecule has 3 N–H and O–H groups in total. The molecular weight excluding hydrogens is 266 g/mol. The SMILES string of the molecule is CN(c1ccc(C(=O)O)c(F)c1F)C1CCCC1CN. The van der Waals surface area contributed by atoms with Gasteiger partial charge in [-0.05, 0) is 37.4 Å². The number of aromatic carboxylic acids is 1. The largest absolute Gasteiger partial charge is 0.478 e. The first-order chi connectivity index (χ1) is 9.47. The Morgan fingerprint density at radius 3 is 2.70 bits per heavy atom. The van der Waals surface area contributed by atoms with Gasteiger partial charge in [0.05, 0.1) is 11.3 Å². The standard InChI is InChI=1S/C14H18F2N2O2/c1-18(10-4-2-3-8(10)7-17)11-6-5-9(14(19)20)12(15)13(11)16/h5-6,8,10H,2-4,7,17H2,1H3,(H,19,20). The van der Waals surface area contributed by atoms with Gasteiger partial charge in [0.15, 0.2) is 11.6 Å². The van der Waals surface area contributed by atoms with Crippen LogP contribution >= 0.6 is 0 Å². The third-order valence-corrected chi connectivity index (χ3v) is 4.09. The molecule has 1 aliphatic carbocycles. The third-order valence-electron chi connectivity index (χ3n) is 4.09. The molecule has 0 aromatic heterocycles. The van der Waals surface area contributed by atoms with Crippen LogP contribution in [0.1, 0.15) is 29.6 Å². The molecule has 1 aliphatic rings. The van der Waals surface area contributed by atoms with E-state index in [-0.39, 0.29) is 17.6 Å². The summed E-state index contributed by atoms with van der Waals surface area (Å²) in [5, 5.41) is 8.77. The lowest BCUT2D eigenvalue weighted by Crippen LogP contribution is -2.38. The van der Waals surface area contributed by atoms with Crippen molar-refractivity contribution in [2.45, 2.75) is 25.3 Å². The van der Waals surface area contributed by atoms with E-state index in [9.17, 15) is 13.6 Å². The predicted octanol–water partition coefficient (Wildman–Crippen LogP) is 2.23. The Morgan fingerprint density at radius 2 is 2.10 bits per heavy atom. The van der Waals surface area contributed by atoms with E-state index in [1.807, 2.05) is 0 Å². The Balaban J connectivity index is 2.33. The Hall–Kier alpha value is -1.69. The minimum atomic E-state index is -1.48. The smallest absolute Gasteiger partial charge is 0.338 e. The van der Waals surface area contributed by atoms with Gasteiger partial charge < -0.3 is 15.7 Å². The van der Waals surface area contributed by atoms with Crippen molar-refractivity contribution in [2.75, 3.05) is 18.5 Å². The van der Waals surface area contributed by atoms with Crippen LogP contribution in [0.5, 0.6) is 0 Å². The quantitative estimate of drug-likeness (QED) is 0.889. The number of hydrogen-bond donors (Lipinski definition) is 2. The van der Waals surface area contributed by atoms with Crippen LogP contribution in [0.15, 0.2) is 12.1 Å². The molecular formula is C14H18F2N2O2. The van der Waals surface area contributed by atoms with Crippen LogP contribution in [-0.4, -0.2) is 30.7 Å². The fourth-order valence-corrected chi connectivity index (χ4v) is 2.96. The maximum Gasteiger partial charge on any atom is 0.338 e. The molecule has 0 aliphatic heterocycles. The van der Waals surface area contributed by atoms with Gasteiger partial charge in [-0.2, -0.15) is 0 Å². The lowest BCUT2D eigenvalue weighted by Gasteiger charge is -2.31. The normalized spacial score (nSPS) is 22.0. The Morgan fingerprint density at radius 1 is 1.40 bits per heavy atom. The molecule has 6 heteroatoms. The summed E-state index contributed by atoms with van der Waals surface area (Å²) in [5.74, 6) is -3.66. The van der Waals surface area contributed by atoms with Crippen molar-refractivity contribution in [3.05, 3.63) is 29.3 Å². The Labute approximate surface area is 116 Å². The van der Waals surface area contributed by atoms with Crippen molar-refractivity contribution in [3.8, 4) is 0 Å². The van der Waals surface area contributed by atoms with E-state index in [0.717, 1.165) is 25.3 Å². The highest BCUT2D eigenvalue weighted by Gasteiger charge is 2.31. The molecule has 2 atom stereocenters. The topological polar surface area (TPSA) is 66.6 Å². The predicted molar refractivity (Wildman–Crippen MR) is 71.9 cm³/mol. The van der Waals surface area contributed by atoms with E-state index in [4.69, 9.17) is 10.8 Å². The molecule has 0 amide bonds. The van der Waals surface area contributed by atoms with Gasteiger partial charge in [-0.15, -0.1) is 0 Å². The minimum Gasteiger partial charge on any atom is -0.478 e. The third kappa shape index (κ3) is 2.47. The van der Waals surface area contributed by atoms with Gasteiger partial charge >= 0.3 is 5.97 Å². The van der Waals surface area contributed by atoms with E-state index in [0.29, 0.717) is 6.54 Å². The van der Waals surface area contributed by atoms with Crippen LogP contribution in [0.2, 0.25) is 0 Å². The fraction of sp³-hybridized carbons (Fsp3) is 0.500. The maximum absolute atomic E-state index is 14.0. The monoisotopic (exact) mass is 284 g/mol. The number of halogens is 2. The molecule has 1 aromatic rings. The van der Waals surface area contributed by atoms with Crippen LogP contribution in [0.3, 0.4) is 0 Å². The van der Waals surface area contributed by atoms with Crippen LogP contribution < -0.4 is 10.6 Å². The lowest BCUT2D eigenvalue weighted by atomic mass is 10.0. The first-order valence-corrected chi connectivity index (χ1v) is 6.61. The summed E-state index contributed by atoms with van der Waals surface area (Å²) in [6.45, 7) is 0.506. The molecule has 20 heavy (non-hydrogen) atoms. The van der Waals surface area contributed by atoms with Gasteiger partial charge in [0, 0.05) is 13.1 Å². The molecule has 0 bridgehead atoms. The van der Waals surface area contributed by atoms with E-state index in [2.05, 4.69) is 0 Å². The van der Waals surface area contributed by atoms with Gasteiger partial charge in [0.25, 0.3) is 0 Å². The highest BCUT2D eigenvalue weighted by atomic mass is 19.2. The fourth-order valence-electron chi connectivity index (χ4n) is 2.96. The van der Waals surface area contributed by atoms with E-state index < -0.39 is 23.2 Å². The summed E-state index contributed by atoms with van der Waals surface area (Å²) in [7, 11) is 1.69. The zero-order valence-electron chi connectivity index (χ0n) is 11.3. The van der Waals surface area contributed by atoms with Crippen molar-refractivity contribution in [3.63, 3.8) is 0 Å². The second-order valence-corrected chi connectivity index (χ2v) is 5.17. The van der Waals surface area contributed by atoms with Crippen molar-refractivity contribution in [2.24, 2.45) is 11.7 Å². The number of carboxylic acids is 1. The number of benzene rings is 1. The molecule has 0 radical (unpaired) electrons. The lowest BCUT2D eigenvalue weighted by molar-refractivity contribution is 0.0690. The van der Waals surface area contributed by atoms with E-state index in [1.54, 1.807) is 11.9 Å². The number of anilines is 1. The van der Waals surface area contributed by atoms with Gasteiger partial charge in [-0.25, -0.2) is 13.6 Å². The maximum atomic E-state index is 14.0. The average Bonchev–Trinajstić information content (AvgIpc) is 2.89. The summed E-state index contributed by atoms with van der Waals surface area (Å²) < 4.78 is 27.8. The van der Waals surface area contributed by atoms with Crippen molar-refractivity contribution < 1.29 is 18.7 Å². The van der Waals surface area contributed by atoms with Gasteiger partial charge in [-0.3, -0.25) is 0 Å². The first kappa shape index (κ1) is 14.7. The molecule has 2 unspecified atom stereocenters. The molecule has 1 aromatic carbocycles. The molecule has 1 fully saturated rings. The van der Waals surface area contributed by atoms with Gasteiger partial charge in [-0.1, -0.05) is 6.42 Å². The molecule has 110 valence electrons. The highest BCUT2D eigenvalue weighted by Crippen LogP contribution is 2.33. The van der Waals surface area contributed by atoms with Crippen LogP contribution in [0.25, 0.3) is 0 Å². The molecule has 0 spiro atoms. The van der Waals surface area contributed by atoms with Crippen molar-refractivity contribution in [1.29, 1.82) is 0 Å². The zero-order valence-corrected chi connectivity index (χ0v) is 11.3. The minimum absolute atomic E-state index is 0.0598.